The monoisotopic (exact) mass is 320 g/mol. The zero-order valence-corrected chi connectivity index (χ0v) is 9.60. The Hall–Kier alpha value is -1.02. The summed E-state index contributed by atoms with van der Waals surface area (Å²) in [7, 11) is 0. The van der Waals surface area contributed by atoms with E-state index in [4.69, 9.17) is 9.63 Å². The number of aromatic nitrogens is 2. The van der Waals surface area contributed by atoms with Crippen LogP contribution in [0.15, 0.2) is 22.7 Å². The molecule has 0 radical (unpaired) electrons. The summed E-state index contributed by atoms with van der Waals surface area (Å²) in [6.07, 6.45) is 0. The molecule has 2 rings (SSSR count). The lowest BCUT2D eigenvalue weighted by molar-refractivity contribution is 0.222. The molecular weight excluding hydrogens is 314 g/mol. The van der Waals surface area contributed by atoms with Crippen molar-refractivity contribution in [2.75, 3.05) is 0 Å². The summed E-state index contributed by atoms with van der Waals surface area (Å²) in [5.41, 5.74) is 0.524. The van der Waals surface area contributed by atoms with Crippen LogP contribution >= 0.6 is 22.6 Å². The molecule has 0 saturated carbocycles. The Morgan fingerprint density at radius 3 is 2.87 bits per heavy atom. The van der Waals surface area contributed by atoms with Crippen LogP contribution in [0, 0.1) is 9.39 Å². The molecule has 15 heavy (non-hydrogen) atoms. The first-order chi connectivity index (χ1) is 7.20. The summed E-state index contributed by atoms with van der Waals surface area (Å²) in [6.45, 7) is -0.320. The Labute approximate surface area is 98.3 Å². The normalized spacial score (nSPS) is 10.6. The molecule has 0 spiro atoms. The number of rotatable bonds is 2. The molecule has 1 N–H and O–H groups in total. The Kier molecular flexibility index (Phi) is 2.96. The highest BCUT2D eigenvalue weighted by atomic mass is 127. The van der Waals surface area contributed by atoms with Crippen LogP contribution in [0.1, 0.15) is 5.89 Å². The van der Waals surface area contributed by atoms with Crippen molar-refractivity contribution in [2.45, 2.75) is 6.61 Å². The standard InChI is InChI=1S/C9H6FIN2O2/c10-6-3-5(1-2-7(6)11)9-12-8(4-14)15-13-9/h1-3,14H,4H2. The van der Waals surface area contributed by atoms with Gasteiger partial charge in [-0.3, -0.25) is 0 Å². The van der Waals surface area contributed by atoms with Crippen molar-refractivity contribution >= 4 is 22.6 Å². The van der Waals surface area contributed by atoms with Gasteiger partial charge in [0.05, 0.1) is 0 Å². The van der Waals surface area contributed by atoms with Crippen LogP contribution in [0.2, 0.25) is 0 Å². The van der Waals surface area contributed by atoms with Gasteiger partial charge in [0.15, 0.2) is 0 Å². The molecule has 0 bridgehead atoms. The molecule has 6 heteroatoms. The molecule has 1 aromatic carbocycles. The van der Waals surface area contributed by atoms with Crippen LogP contribution in [0.5, 0.6) is 0 Å². The second-order valence-corrected chi connectivity index (χ2v) is 3.96. The zero-order valence-electron chi connectivity index (χ0n) is 7.44. The first kappa shape index (κ1) is 10.5. The van der Waals surface area contributed by atoms with E-state index in [2.05, 4.69) is 10.1 Å². The third-order valence-electron chi connectivity index (χ3n) is 1.78. The fourth-order valence-corrected chi connectivity index (χ4v) is 1.41. The minimum Gasteiger partial charge on any atom is -0.387 e. The molecule has 0 unspecified atom stereocenters. The fourth-order valence-electron chi connectivity index (χ4n) is 1.07. The average molecular weight is 320 g/mol. The summed E-state index contributed by atoms with van der Waals surface area (Å²) in [5, 5.41) is 12.3. The molecule has 2 aromatic rings. The van der Waals surface area contributed by atoms with E-state index < -0.39 is 0 Å². The lowest BCUT2D eigenvalue weighted by Gasteiger charge is -1.96. The van der Waals surface area contributed by atoms with Gasteiger partial charge >= 0.3 is 0 Å². The van der Waals surface area contributed by atoms with Crippen molar-refractivity contribution < 1.29 is 14.0 Å². The van der Waals surface area contributed by atoms with Gasteiger partial charge in [0.25, 0.3) is 5.89 Å². The van der Waals surface area contributed by atoms with E-state index in [1.165, 1.54) is 6.07 Å². The summed E-state index contributed by atoms with van der Waals surface area (Å²) >= 11 is 1.89. The topological polar surface area (TPSA) is 59.2 Å². The summed E-state index contributed by atoms with van der Waals surface area (Å²) < 4.78 is 18.4. The number of hydrogen-bond acceptors (Lipinski definition) is 4. The second-order valence-electron chi connectivity index (χ2n) is 2.80. The van der Waals surface area contributed by atoms with E-state index in [9.17, 15) is 4.39 Å². The molecule has 0 saturated heterocycles. The smallest absolute Gasteiger partial charge is 0.252 e. The van der Waals surface area contributed by atoms with Gasteiger partial charge in [-0.25, -0.2) is 4.39 Å². The predicted molar refractivity (Wildman–Crippen MR) is 58.3 cm³/mol. The highest BCUT2D eigenvalue weighted by Gasteiger charge is 2.09. The van der Waals surface area contributed by atoms with Crippen molar-refractivity contribution in [3.63, 3.8) is 0 Å². The zero-order chi connectivity index (χ0) is 10.8. The maximum Gasteiger partial charge on any atom is 0.252 e. The second kappa shape index (κ2) is 4.23. The lowest BCUT2D eigenvalue weighted by atomic mass is 10.2. The Morgan fingerprint density at radius 2 is 2.27 bits per heavy atom. The Bertz CT molecular complexity index is 487. The molecule has 78 valence electrons. The lowest BCUT2D eigenvalue weighted by Crippen LogP contribution is -1.86. The maximum absolute atomic E-state index is 13.2. The largest absolute Gasteiger partial charge is 0.387 e. The highest BCUT2D eigenvalue weighted by molar-refractivity contribution is 14.1. The van der Waals surface area contributed by atoms with Crippen molar-refractivity contribution in [3.8, 4) is 11.4 Å². The summed E-state index contributed by atoms with van der Waals surface area (Å²) in [5.74, 6) is 0.0572. The van der Waals surface area contributed by atoms with Gasteiger partial charge in [-0.05, 0) is 40.8 Å². The van der Waals surface area contributed by atoms with E-state index >= 15 is 0 Å². The minimum absolute atomic E-state index is 0.115. The first-order valence-corrected chi connectivity index (χ1v) is 5.17. The number of hydrogen-bond donors (Lipinski definition) is 1. The van der Waals surface area contributed by atoms with Gasteiger partial charge in [0.1, 0.15) is 12.4 Å². The molecule has 0 aliphatic rings. The van der Waals surface area contributed by atoms with E-state index in [1.54, 1.807) is 12.1 Å². The number of aliphatic hydroxyl groups is 1. The van der Waals surface area contributed by atoms with Crippen LogP contribution in [0.3, 0.4) is 0 Å². The van der Waals surface area contributed by atoms with Crippen molar-refractivity contribution in [2.24, 2.45) is 0 Å². The molecule has 4 nitrogen and oxygen atoms in total. The number of halogens is 2. The Balaban J connectivity index is 2.40. The predicted octanol–water partition coefficient (Wildman–Crippen LogP) is 1.97. The molecule has 1 aromatic heterocycles. The Morgan fingerprint density at radius 1 is 1.47 bits per heavy atom. The summed E-state index contributed by atoms with van der Waals surface area (Å²) in [6, 6.07) is 4.64. The van der Waals surface area contributed by atoms with E-state index in [-0.39, 0.29) is 24.1 Å². The first-order valence-electron chi connectivity index (χ1n) is 4.09. The molecule has 0 aliphatic heterocycles. The number of nitrogens with zero attached hydrogens (tertiary/aromatic N) is 2. The SMILES string of the molecule is OCc1nc(-c2ccc(I)c(F)c2)no1. The van der Waals surface area contributed by atoms with Crippen LogP contribution in [-0.2, 0) is 6.61 Å². The van der Waals surface area contributed by atoms with Crippen LogP contribution < -0.4 is 0 Å². The number of aliphatic hydroxyl groups excluding tert-OH is 1. The van der Waals surface area contributed by atoms with E-state index in [1.807, 2.05) is 22.6 Å². The summed E-state index contributed by atoms with van der Waals surface area (Å²) in [4.78, 5) is 3.87. The van der Waals surface area contributed by atoms with Crippen molar-refractivity contribution in [3.05, 3.63) is 33.5 Å². The molecule has 1 heterocycles. The van der Waals surface area contributed by atoms with Gasteiger partial charge < -0.3 is 9.63 Å². The van der Waals surface area contributed by atoms with Gasteiger partial charge in [-0.1, -0.05) is 5.16 Å². The van der Waals surface area contributed by atoms with Crippen LogP contribution in [-0.4, -0.2) is 15.2 Å². The molecular formula is C9H6FIN2O2. The molecule has 0 fully saturated rings. The van der Waals surface area contributed by atoms with Gasteiger partial charge in [0.2, 0.25) is 5.82 Å². The number of benzene rings is 1. The fraction of sp³-hybridized carbons (Fsp3) is 0.111. The molecule has 0 amide bonds. The van der Waals surface area contributed by atoms with Crippen LogP contribution in [0.4, 0.5) is 4.39 Å². The third-order valence-corrected chi connectivity index (χ3v) is 2.66. The van der Waals surface area contributed by atoms with Gasteiger partial charge in [0, 0.05) is 9.13 Å². The van der Waals surface area contributed by atoms with Gasteiger partial charge in [-0.15, -0.1) is 0 Å². The maximum atomic E-state index is 13.2. The molecule has 0 aliphatic carbocycles. The average Bonchev–Trinajstić information content (AvgIpc) is 2.70. The van der Waals surface area contributed by atoms with Crippen molar-refractivity contribution in [1.29, 1.82) is 0 Å². The van der Waals surface area contributed by atoms with Crippen molar-refractivity contribution in [1.82, 2.24) is 10.1 Å². The quantitative estimate of drug-likeness (QED) is 0.860. The van der Waals surface area contributed by atoms with Gasteiger partial charge in [-0.2, -0.15) is 4.98 Å². The minimum atomic E-state index is -0.330. The van der Waals surface area contributed by atoms with Crippen LogP contribution in [0.25, 0.3) is 11.4 Å². The highest BCUT2D eigenvalue weighted by Crippen LogP contribution is 2.20. The van der Waals surface area contributed by atoms with E-state index in [0.717, 1.165) is 0 Å². The van der Waals surface area contributed by atoms with E-state index in [0.29, 0.717) is 9.13 Å². The molecule has 0 atom stereocenters. The third kappa shape index (κ3) is 2.15.